The summed E-state index contributed by atoms with van der Waals surface area (Å²) in [6.07, 6.45) is 1.88. The summed E-state index contributed by atoms with van der Waals surface area (Å²) >= 11 is 0. The molecule has 3 aliphatic rings. The Hall–Kier alpha value is -3.53. The van der Waals surface area contributed by atoms with Crippen molar-refractivity contribution in [1.29, 1.82) is 0 Å². The number of ether oxygens (including phenoxy) is 2. The third-order valence-corrected chi connectivity index (χ3v) is 5.33. The Labute approximate surface area is 174 Å². The number of para-hydroxylation sites is 1. The Kier molecular flexibility index (Phi) is 4.75. The van der Waals surface area contributed by atoms with Gasteiger partial charge < -0.3 is 35.6 Å². The first-order valence-electron chi connectivity index (χ1n) is 9.89. The van der Waals surface area contributed by atoms with Crippen LogP contribution in [-0.4, -0.2) is 61.8 Å². The minimum Gasteiger partial charge on any atom is -0.454 e. The third-order valence-electron chi connectivity index (χ3n) is 5.33. The maximum atomic E-state index is 6.11. The van der Waals surface area contributed by atoms with Crippen LogP contribution in [0.15, 0.2) is 40.4 Å². The van der Waals surface area contributed by atoms with Gasteiger partial charge in [-0.1, -0.05) is 6.07 Å². The molecule has 0 atom stereocenters. The normalized spacial score (nSPS) is 18.5. The van der Waals surface area contributed by atoms with Crippen molar-refractivity contribution in [3.05, 3.63) is 36.0 Å². The van der Waals surface area contributed by atoms with Crippen LogP contribution in [0.5, 0.6) is 11.5 Å². The summed E-state index contributed by atoms with van der Waals surface area (Å²) in [6, 6.07) is 7.62. The second-order valence-corrected chi connectivity index (χ2v) is 7.42. The summed E-state index contributed by atoms with van der Waals surface area (Å²) in [7, 11) is 2.14. The van der Waals surface area contributed by atoms with Crippen molar-refractivity contribution < 1.29 is 9.47 Å². The average Bonchev–Trinajstić information content (AvgIpc) is 3.24. The fraction of sp³-hybridized carbons (Fsp3) is 0.350. The number of nitrogens with two attached hydrogens (primary N) is 1. The second kappa shape index (κ2) is 7.71. The molecule has 0 saturated carbocycles. The molecule has 1 aromatic carbocycles. The highest BCUT2D eigenvalue weighted by Crippen LogP contribution is 2.38. The number of likely N-dealkylation sites (N-methyl/N-ethyl adjacent to an activating group) is 1. The number of anilines is 3. The van der Waals surface area contributed by atoms with Crippen LogP contribution in [0.2, 0.25) is 0 Å². The number of rotatable bonds is 2. The Morgan fingerprint density at radius 2 is 2.10 bits per heavy atom. The average molecular weight is 408 g/mol. The van der Waals surface area contributed by atoms with E-state index in [0.717, 1.165) is 43.2 Å². The standard InChI is InChI=1S/C20H24N8O2/c1-27-5-7-28(8-6-27)17-9-15-13(10-22-17)11-23-20(25-15)26-19(21)24-14-3-2-4-16-18(14)30-12-29-16/h2-4,9-10H,5-8,11-12H2,1H3,(H4,21,23,24,25,26). The van der Waals surface area contributed by atoms with E-state index in [1.54, 1.807) is 0 Å². The molecule has 4 heterocycles. The number of guanidine groups is 2. The first kappa shape index (κ1) is 18.5. The van der Waals surface area contributed by atoms with Gasteiger partial charge in [0.15, 0.2) is 11.5 Å². The van der Waals surface area contributed by atoms with E-state index in [9.17, 15) is 0 Å². The minimum atomic E-state index is 0.194. The predicted molar refractivity (Wildman–Crippen MR) is 117 cm³/mol. The van der Waals surface area contributed by atoms with Crippen molar-refractivity contribution >= 4 is 29.1 Å². The van der Waals surface area contributed by atoms with E-state index in [0.29, 0.717) is 29.7 Å². The molecule has 10 nitrogen and oxygen atoms in total. The van der Waals surface area contributed by atoms with Crippen molar-refractivity contribution in [2.45, 2.75) is 6.54 Å². The van der Waals surface area contributed by atoms with Gasteiger partial charge in [-0.3, -0.25) is 0 Å². The molecular formula is C20H24N8O2. The molecule has 0 unspecified atom stereocenters. The number of aliphatic imine (C=N–C) groups is 2. The van der Waals surface area contributed by atoms with Gasteiger partial charge in [0.1, 0.15) is 5.82 Å². The van der Waals surface area contributed by atoms with E-state index in [-0.39, 0.29) is 12.8 Å². The Morgan fingerprint density at radius 1 is 1.23 bits per heavy atom. The van der Waals surface area contributed by atoms with Gasteiger partial charge in [0.05, 0.1) is 17.9 Å². The van der Waals surface area contributed by atoms with E-state index >= 15 is 0 Å². The van der Waals surface area contributed by atoms with Crippen LogP contribution in [0.1, 0.15) is 5.56 Å². The molecular weight excluding hydrogens is 384 g/mol. The van der Waals surface area contributed by atoms with Gasteiger partial charge in [0.25, 0.3) is 0 Å². The highest BCUT2D eigenvalue weighted by atomic mass is 16.7. The molecule has 3 aliphatic heterocycles. The van der Waals surface area contributed by atoms with Gasteiger partial charge in [-0.15, -0.1) is 0 Å². The van der Waals surface area contributed by atoms with Crippen LogP contribution >= 0.6 is 0 Å². The molecule has 5 rings (SSSR count). The van der Waals surface area contributed by atoms with Crippen LogP contribution in [-0.2, 0) is 6.54 Å². The summed E-state index contributed by atoms with van der Waals surface area (Å²) in [4.78, 5) is 18.1. The summed E-state index contributed by atoms with van der Waals surface area (Å²) < 4.78 is 10.9. The molecule has 2 aromatic rings. The van der Waals surface area contributed by atoms with Crippen molar-refractivity contribution in [1.82, 2.24) is 9.88 Å². The number of nitrogens with one attached hydrogen (secondary N) is 2. The van der Waals surface area contributed by atoms with Crippen LogP contribution < -0.4 is 30.7 Å². The fourth-order valence-electron chi connectivity index (χ4n) is 3.62. The lowest BCUT2D eigenvalue weighted by atomic mass is 10.2. The molecule has 0 aliphatic carbocycles. The molecule has 0 amide bonds. The topological polar surface area (TPSA) is 113 Å². The van der Waals surface area contributed by atoms with Gasteiger partial charge >= 0.3 is 0 Å². The maximum absolute atomic E-state index is 6.11. The number of hydrogen-bond acceptors (Lipinski definition) is 8. The molecule has 156 valence electrons. The molecule has 10 heteroatoms. The summed E-state index contributed by atoms with van der Waals surface area (Å²) in [5.74, 6) is 2.93. The van der Waals surface area contributed by atoms with Gasteiger partial charge in [0.2, 0.25) is 18.7 Å². The van der Waals surface area contributed by atoms with Crippen LogP contribution in [0, 0.1) is 0 Å². The third kappa shape index (κ3) is 3.69. The quantitative estimate of drug-likeness (QED) is 0.503. The summed E-state index contributed by atoms with van der Waals surface area (Å²) in [5.41, 5.74) is 8.79. The van der Waals surface area contributed by atoms with Crippen LogP contribution in [0.4, 0.5) is 17.2 Å². The molecule has 4 N–H and O–H groups in total. The molecule has 0 bridgehead atoms. The smallest absolute Gasteiger partial charge is 0.231 e. The largest absolute Gasteiger partial charge is 0.454 e. The number of aromatic nitrogens is 1. The molecule has 0 spiro atoms. The first-order chi connectivity index (χ1) is 14.7. The van der Waals surface area contributed by atoms with Gasteiger partial charge in [-0.25, -0.2) is 9.98 Å². The van der Waals surface area contributed by atoms with Gasteiger partial charge in [-0.2, -0.15) is 4.99 Å². The van der Waals surface area contributed by atoms with E-state index in [2.05, 4.69) is 48.5 Å². The SMILES string of the molecule is CN1CCN(c2cc3c(cn2)CN=C(N=C(N)Nc2cccc4c2OCO4)N3)CC1. The zero-order chi connectivity index (χ0) is 20.5. The Bertz CT molecular complexity index is 1010. The summed E-state index contributed by atoms with van der Waals surface area (Å²) in [6.45, 7) is 4.69. The number of fused-ring (bicyclic) bond motifs is 2. The number of benzene rings is 1. The first-order valence-corrected chi connectivity index (χ1v) is 9.89. The van der Waals surface area contributed by atoms with E-state index in [1.807, 2.05) is 24.4 Å². The Morgan fingerprint density at radius 3 is 2.97 bits per heavy atom. The Balaban J connectivity index is 1.29. The van der Waals surface area contributed by atoms with Crippen molar-refractivity contribution in [2.75, 3.05) is 55.6 Å². The lowest BCUT2D eigenvalue weighted by Crippen LogP contribution is -2.44. The number of piperazine rings is 1. The zero-order valence-corrected chi connectivity index (χ0v) is 16.8. The second-order valence-electron chi connectivity index (χ2n) is 7.42. The molecule has 30 heavy (non-hydrogen) atoms. The predicted octanol–water partition coefficient (Wildman–Crippen LogP) is 1.27. The maximum Gasteiger partial charge on any atom is 0.231 e. The zero-order valence-electron chi connectivity index (χ0n) is 16.8. The highest BCUT2D eigenvalue weighted by Gasteiger charge is 2.20. The van der Waals surface area contributed by atoms with Crippen molar-refractivity contribution in [2.24, 2.45) is 15.7 Å². The van der Waals surface area contributed by atoms with Crippen LogP contribution in [0.25, 0.3) is 0 Å². The lowest BCUT2D eigenvalue weighted by Gasteiger charge is -2.33. The van der Waals surface area contributed by atoms with Gasteiger partial charge in [-0.05, 0) is 19.2 Å². The molecule has 1 saturated heterocycles. The summed E-state index contributed by atoms with van der Waals surface area (Å²) in [5, 5.41) is 6.32. The van der Waals surface area contributed by atoms with E-state index in [4.69, 9.17) is 15.2 Å². The van der Waals surface area contributed by atoms with Crippen molar-refractivity contribution in [3.8, 4) is 11.5 Å². The van der Waals surface area contributed by atoms with Gasteiger partial charge in [0, 0.05) is 44.0 Å². The fourth-order valence-corrected chi connectivity index (χ4v) is 3.62. The number of hydrogen-bond donors (Lipinski definition) is 3. The van der Waals surface area contributed by atoms with E-state index < -0.39 is 0 Å². The van der Waals surface area contributed by atoms with Crippen LogP contribution in [0.3, 0.4) is 0 Å². The molecule has 1 aromatic heterocycles. The highest BCUT2D eigenvalue weighted by molar-refractivity contribution is 6.07. The minimum absolute atomic E-state index is 0.194. The molecule has 1 fully saturated rings. The number of nitrogens with zero attached hydrogens (tertiary/aromatic N) is 5. The van der Waals surface area contributed by atoms with E-state index in [1.165, 1.54) is 0 Å². The monoisotopic (exact) mass is 408 g/mol. The number of pyridine rings is 1. The van der Waals surface area contributed by atoms with Crippen molar-refractivity contribution in [3.63, 3.8) is 0 Å². The molecule has 0 radical (unpaired) electrons. The lowest BCUT2D eigenvalue weighted by molar-refractivity contribution is 0.174.